The van der Waals surface area contributed by atoms with Crippen molar-refractivity contribution in [2.24, 2.45) is 5.16 Å². The van der Waals surface area contributed by atoms with Crippen molar-refractivity contribution in [1.82, 2.24) is 9.97 Å². The molecule has 0 radical (unpaired) electrons. The van der Waals surface area contributed by atoms with Crippen molar-refractivity contribution >= 4 is 38.9 Å². The fourth-order valence-electron chi connectivity index (χ4n) is 2.50. The van der Waals surface area contributed by atoms with Gasteiger partial charge in [-0.25, -0.2) is 18.4 Å². The van der Waals surface area contributed by atoms with Crippen molar-refractivity contribution in [3.8, 4) is 11.6 Å². The number of hydrogen-bond acceptors (Lipinski definition) is 8. The van der Waals surface area contributed by atoms with E-state index in [0.29, 0.717) is 0 Å². The zero-order valence-corrected chi connectivity index (χ0v) is 18.1. The van der Waals surface area contributed by atoms with Crippen LogP contribution >= 0.6 is 11.8 Å². The molecule has 2 heterocycles. The number of thioether (sulfide) groups is 1. The Labute approximate surface area is 186 Å². The second-order valence-electron chi connectivity index (χ2n) is 6.34. The molecule has 1 aromatic carbocycles. The fraction of sp³-hybridized carbons (Fsp3) is 0.278. The summed E-state index contributed by atoms with van der Waals surface area (Å²) in [5, 5.41) is 3.14. The number of aromatic nitrogens is 2. The van der Waals surface area contributed by atoms with Gasteiger partial charge in [0.05, 0.1) is 16.9 Å². The van der Waals surface area contributed by atoms with E-state index in [1.807, 2.05) is 0 Å². The van der Waals surface area contributed by atoms with Gasteiger partial charge < -0.3 is 9.25 Å². The van der Waals surface area contributed by atoms with E-state index in [1.54, 1.807) is 0 Å². The third kappa shape index (κ3) is 6.60. The first kappa shape index (κ1) is 24.8. The summed E-state index contributed by atoms with van der Waals surface area (Å²) in [5.74, 6) is -0.609. The standard InChI is InChI=1S/C18H13F6N3O4S2/c1-2-33(28,29)14-5-10(8-26-30-9-17(19,20)21)7-25-15(14)16-27-12-6-11(32-18(22,23)24)3-4-13(12)31-16/h3-8H,2,9H2,1H3/b26-8+. The lowest BCUT2D eigenvalue weighted by molar-refractivity contribution is -0.173. The van der Waals surface area contributed by atoms with Crippen LogP contribution in [0.3, 0.4) is 0 Å². The predicted molar refractivity (Wildman–Crippen MR) is 106 cm³/mol. The van der Waals surface area contributed by atoms with Crippen LogP contribution in [-0.4, -0.2) is 48.6 Å². The number of alkyl halides is 6. The molecule has 0 amide bonds. The van der Waals surface area contributed by atoms with Gasteiger partial charge in [-0.3, -0.25) is 0 Å². The van der Waals surface area contributed by atoms with Crippen LogP contribution < -0.4 is 0 Å². The van der Waals surface area contributed by atoms with E-state index >= 15 is 0 Å². The molecule has 0 fully saturated rings. The van der Waals surface area contributed by atoms with Crippen molar-refractivity contribution in [2.75, 3.05) is 12.4 Å². The van der Waals surface area contributed by atoms with Crippen LogP contribution in [0, 0.1) is 0 Å². The maximum absolute atomic E-state index is 12.6. The molecular weight excluding hydrogens is 500 g/mol. The average molecular weight is 513 g/mol. The summed E-state index contributed by atoms with van der Waals surface area (Å²) in [5.41, 5.74) is -4.55. The lowest BCUT2D eigenvalue weighted by Gasteiger charge is -2.07. The topological polar surface area (TPSA) is 94.7 Å². The third-order valence-corrected chi connectivity index (χ3v) is 6.35. The van der Waals surface area contributed by atoms with E-state index < -0.39 is 28.1 Å². The molecule has 0 saturated heterocycles. The molecule has 0 aliphatic rings. The molecule has 33 heavy (non-hydrogen) atoms. The number of nitrogens with zero attached hydrogens (tertiary/aromatic N) is 3. The summed E-state index contributed by atoms with van der Waals surface area (Å²) in [6, 6.07) is 4.66. The summed E-state index contributed by atoms with van der Waals surface area (Å²) >= 11 is -0.345. The molecule has 15 heteroatoms. The first-order chi connectivity index (χ1) is 15.3. The Morgan fingerprint density at radius 2 is 1.91 bits per heavy atom. The Kier molecular flexibility index (Phi) is 6.93. The van der Waals surface area contributed by atoms with Crippen molar-refractivity contribution in [2.45, 2.75) is 28.4 Å². The maximum Gasteiger partial charge on any atom is 0.446 e. The molecular formula is C18H13F6N3O4S2. The van der Waals surface area contributed by atoms with Gasteiger partial charge in [0.15, 0.2) is 15.4 Å². The summed E-state index contributed by atoms with van der Waals surface area (Å²) in [6.45, 7) is -0.272. The zero-order valence-electron chi connectivity index (χ0n) is 16.4. The minimum absolute atomic E-state index is 0.0212. The van der Waals surface area contributed by atoms with Crippen LogP contribution in [0.15, 0.2) is 49.8 Å². The molecule has 0 unspecified atom stereocenters. The van der Waals surface area contributed by atoms with Crippen molar-refractivity contribution in [3.63, 3.8) is 0 Å². The van der Waals surface area contributed by atoms with Gasteiger partial charge in [-0.05, 0) is 36.0 Å². The largest absolute Gasteiger partial charge is 0.446 e. The zero-order chi connectivity index (χ0) is 24.4. The smallest absolute Gasteiger partial charge is 0.435 e. The number of sulfone groups is 1. The van der Waals surface area contributed by atoms with E-state index in [-0.39, 0.29) is 55.6 Å². The summed E-state index contributed by atoms with van der Waals surface area (Å²) < 4.78 is 105. The van der Waals surface area contributed by atoms with E-state index in [9.17, 15) is 34.8 Å². The Morgan fingerprint density at radius 3 is 2.55 bits per heavy atom. The molecule has 178 valence electrons. The van der Waals surface area contributed by atoms with Crippen molar-refractivity contribution < 1.29 is 44.0 Å². The summed E-state index contributed by atoms with van der Waals surface area (Å²) in [4.78, 5) is 11.7. The van der Waals surface area contributed by atoms with Crippen LogP contribution in [0.4, 0.5) is 26.3 Å². The van der Waals surface area contributed by atoms with Crippen LogP contribution in [0.2, 0.25) is 0 Å². The van der Waals surface area contributed by atoms with E-state index in [1.165, 1.54) is 19.1 Å². The fourth-order valence-corrected chi connectivity index (χ4v) is 4.13. The molecule has 0 N–H and O–H groups in total. The molecule has 0 aliphatic heterocycles. The van der Waals surface area contributed by atoms with Gasteiger partial charge in [-0.2, -0.15) is 26.3 Å². The number of rotatable bonds is 7. The summed E-state index contributed by atoms with van der Waals surface area (Å²) in [6.07, 6.45) is -2.64. The number of fused-ring (bicyclic) bond motifs is 1. The van der Waals surface area contributed by atoms with Crippen LogP contribution in [0.5, 0.6) is 0 Å². The predicted octanol–water partition coefficient (Wildman–Crippen LogP) is 5.21. The second-order valence-corrected chi connectivity index (χ2v) is 9.72. The number of pyridine rings is 1. The van der Waals surface area contributed by atoms with Gasteiger partial charge in [-0.1, -0.05) is 12.1 Å². The normalized spacial score (nSPS) is 13.2. The minimum Gasteiger partial charge on any atom is -0.435 e. The summed E-state index contributed by atoms with van der Waals surface area (Å²) in [7, 11) is -3.92. The van der Waals surface area contributed by atoms with E-state index in [2.05, 4.69) is 20.0 Å². The molecule has 7 nitrogen and oxygen atoms in total. The van der Waals surface area contributed by atoms with Gasteiger partial charge in [-0.15, -0.1) is 0 Å². The number of oxime groups is 1. The highest BCUT2D eigenvalue weighted by atomic mass is 32.2. The third-order valence-electron chi connectivity index (χ3n) is 3.89. The first-order valence-electron chi connectivity index (χ1n) is 8.89. The van der Waals surface area contributed by atoms with Crippen LogP contribution in [0.25, 0.3) is 22.7 Å². The van der Waals surface area contributed by atoms with Gasteiger partial charge in [0.25, 0.3) is 0 Å². The average Bonchev–Trinajstić information content (AvgIpc) is 3.12. The lowest BCUT2D eigenvalue weighted by atomic mass is 10.2. The Balaban J connectivity index is 1.99. The van der Waals surface area contributed by atoms with Gasteiger partial charge in [0, 0.05) is 16.7 Å². The number of oxazole rings is 1. The first-order valence-corrected chi connectivity index (χ1v) is 11.4. The lowest BCUT2D eigenvalue weighted by Crippen LogP contribution is -2.14. The molecule has 0 bridgehead atoms. The monoisotopic (exact) mass is 513 g/mol. The van der Waals surface area contributed by atoms with Crippen LogP contribution in [-0.2, 0) is 14.7 Å². The Morgan fingerprint density at radius 1 is 1.18 bits per heavy atom. The number of hydrogen-bond donors (Lipinski definition) is 0. The minimum atomic E-state index is -4.60. The molecule has 3 aromatic rings. The SMILES string of the molecule is CCS(=O)(=O)c1cc(/C=N/OCC(F)(F)F)cnc1-c1nc2cc(SC(F)(F)F)ccc2o1. The highest BCUT2D eigenvalue weighted by molar-refractivity contribution is 8.00. The molecule has 3 rings (SSSR count). The molecule has 0 saturated carbocycles. The van der Waals surface area contributed by atoms with Gasteiger partial charge >= 0.3 is 11.7 Å². The van der Waals surface area contributed by atoms with Crippen molar-refractivity contribution in [3.05, 3.63) is 36.0 Å². The Bertz CT molecular complexity index is 1290. The van der Waals surface area contributed by atoms with Gasteiger partial charge in [0.2, 0.25) is 12.5 Å². The molecule has 2 aromatic heterocycles. The molecule has 0 atom stereocenters. The van der Waals surface area contributed by atoms with E-state index in [0.717, 1.165) is 24.5 Å². The van der Waals surface area contributed by atoms with Gasteiger partial charge in [0.1, 0.15) is 11.2 Å². The van der Waals surface area contributed by atoms with Crippen LogP contribution in [0.1, 0.15) is 12.5 Å². The van der Waals surface area contributed by atoms with Crippen molar-refractivity contribution in [1.29, 1.82) is 0 Å². The highest BCUT2D eigenvalue weighted by Gasteiger charge is 2.30. The number of halogens is 6. The number of benzene rings is 1. The molecule has 0 aliphatic carbocycles. The molecule has 0 spiro atoms. The van der Waals surface area contributed by atoms with E-state index in [4.69, 9.17) is 4.42 Å². The second kappa shape index (κ2) is 9.21. The maximum atomic E-state index is 12.6. The highest BCUT2D eigenvalue weighted by Crippen LogP contribution is 2.38. The quantitative estimate of drug-likeness (QED) is 0.185. The Hall–Kier alpha value is -2.81.